The fraction of sp³-hybridized carbons (Fsp3) is 0.500. The van der Waals surface area contributed by atoms with Crippen molar-refractivity contribution in [2.75, 3.05) is 0 Å². The Morgan fingerprint density at radius 1 is 1.16 bits per heavy atom. The van der Waals surface area contributed by atoms with Gasteiger partial charge in [0, 0.05) is 6.04 Å². The predicted octanol–water partition coefficient (Wildman–Crippen LogP) is 2.58. The van der Waals surface area contributed by atoms with Gasteiger partial charge in [0.1, 0.15) is 4.90 Å². The number of nitrogens with one attached hydrogen (secondary N) is 1. The van der Waals surface area contributed by atoms with Crippen molar-refractivity contribution < 1.29 is 13.5 Å². The van der Waals surface area contributed by atoms with Gasteiger partial charge >= 0.3 is 0 Å². The zero-order valence-electron chi connectivity index (χ0n) is 10.1. The molecule has 0 spiro atoms. The Morgan fingerprint density at radius 2 is 1.74 bits per heavy atom. The molecular weight excluding hydrogens is 309 g/mol. The molecule has 0 radical (unpaired) electrons. The maximum absolute atomic E-state index is 12.3. The Morgan fingerprint density at radius 3 is 2.32 bits per heavy atom. The highest BCUT2D eigenvalue weighted by molar-refractivity contribution is 7.89. The Balaban J connectivity index is 2.27. The molecule has 0 aromatic heterocycles. The van der Waals surface area contributed by atoms with Gasteiger partial charge in [-0.25, -0.2) is 13.1 Å². The summed E-state index contributed by atoms with van der Waals surface area (Å²) in [5.74, 6) is 0. The van der Waals surface area contributed by atoms with Gasteiger partial charge in [-0.05, 0) is 25.0 Å². The lowest BCUT2D eigenvalue weighted by Crippen LogP contribution is -2.45. The second kappa shape index (κ2) is 5.97. The number of hydrogen-bond donors (Lipinski definition) is 2. The van der Waals surface area contributed by atoms with Gasteiger partial charge in [-0.15, -0.1) is 0 Å². The SMILES string of the molecule is O=S(=O)(N[C@H]1CCCC[C@@H]1O)c1c(Cl)cccc1Cl. The summed E-state index contributed by atoms with van der Waals surface area (Å²) in [6.07, 6.45) is 2.35. The van der Waals surface area contributed by atoms with Gasteiger partial charge in [0.2, 0.25) is 10.0 Å². The number of hydrogen-bond acceptors (Lipinski definition) is 3. The van der Waals surface area contributed by atoms with Crippen molar-refractivity contribution in [2.45, 2.75) is 42.7 Å². The molecule has 0 aliphatic heterocycles. The maximum atomic E-state index is 12.3. The van der Waals surface area contributed by atoms with Gasteiger partial charge in [-0.1, -0.05) is 42.1 Å². The number of aliphatic hydroxyl groups excluding tert-OH is 1. The zero-order valence-corrected chi connectivity index (χ0v) is 12.5. The predicted molar refractivity (Wildman–Crippen MR) is 75.0 cm³/mol. The molecule has 0 saturated heterocycles. The first-order chi connectivity index (χ1) is 8.92. The standard InChI is InChI=1S/C12H15Cl2NO3S/c13-8-4-3-5-9(14)12(8)19(17,18)15-10-6-1-2-7-11(10)16/h3-5,10-11,15-16H,1-2,6-7H2/t10-,11-/m0/s1. The van der Waals surface area contributed by atoms with Crippen molar-refractivity contribution in [2.24, 2.45) is 0 Å². The molecule has 0 bridgehead atoms. The molecule has 1 fully saturated rings. The van der Waals surface area contributed by atoms with Crippen molar-refractivity contribution in [1.29, 1.82) is 0 Å². The van der Waals surface area contributed by atoms with Gasteiger partial charge in [-0.3, -0.25) is 0 Å². The summed E-state index contributed by atoms with van der Waals surface area (Å²) >= 11 is 11.8. The second-order valence-electron chi connectivity index (χ2n) is 4.63. The number of halogens is 2. The molecule has 7 heteroatoms. The van der Waals surface area contributed by atoms with Crippen molar-refractivity contribution >= 4 is 33.2 Å². The molecule has 1 aromatic rings. The van der Waals surface area contributed by atoms with Crippen LogP contribution >= 0.6 is 23.2 Å². The highest BCUT2D eigenvalue weighted by Crippen LogP contribution is 2.30. The van der Waals surface area contributed by atoms with Crippen molar-refractivity contribution in [3.05, 3.63) is 28.2 Å². The van der Waals surface area contributed by atoms with Gasteiger partial charge in [-0.2, -0.15) is 0 Å². The van der Waals surface area contributed by atoms with E-state index in [9.17, 15) is 13.5 Å². The average molecular weight is 324 g/mol. The molecule has 1 aliphatic rings. The topological polar surface area (TPSA) is 66.4 Å². The number of benzene rings is 1. The van der Waals surface area contributed by atoms with E-state index in [4.69, 9.17) is 23.2 Å². The maximum Gasteiger partial charge on any atom is 0.243 e. The summed E-state index contributed by atoms with van der Waals surface area (Å²) in [4.78, 5) is -0.129. The Bertz CT molecular complexity index is 542. The largest absolute Gasteiger partial charge is 0.391 e. The third kappa shape index (κ3) is 3.41. The molecule has 1 aliphatic carbocycles. The van der Waals surface area contributed by atoms with Gasteiger partial charge in [0.25, 0.3) is 0 Å². The minimum atomic E-state index is -3.83. The second-order valence-corrected chi connectivity index (χ2v) is 7.10. The van der Waals surface area contributed by atoms with Crippen LogP contribution in [0.5, 0.6) is 0 Å². The first kappa shape index (κ1) is 15.1. The van der Waals surface area contributed by atoms with E-state index in [1.807, 2.05) is 0 Å². The summed E-state index contributed by atoms with van der Waals surface area (Å²) < 4.78 is 27.1. The summed E-state index contributed by atoms with van der Waals surface area (Å²) in [5.41, 5.74) is 0. The fourth-order valence-electron chi connectivity index (χ4n) is 2.25. The van der Waals surface area contributed by atoms with Crippen LogP contribution in [-0.4, -0.2) is 25.7 Å². The van der Waals surface area contributed by atoms with Crippen molar-refractivity contribution in [1.82, 2.24) is 4.72 Å². The molecule has 2 atom stereocenters. The number of aliphatic hydroxyl groups is 1. The van der Waals surface area contributed by atoms with Crippen LogP contribution in [0, 0.1) is 0 Å². The van der Waals surface area contributed by atoms with E-state index in [0.29, 0.717) is 12.8 Å². The normalized spacial score (nSPS) is 24.4. The van der Waals surface area contributed by atoms with E-state index in [2.05, 4.69) is 4.72 Å². The molecule has 2 rings (SSSR count). The quantitative estimate of drug-likeness (QED) is 0.898. The van der Waals surface area contributed by atoms with Crippen LogP contribution < -0.4 is 4.72 Å². The molecule has 4 nitrogen and oxygen atoms in total. The van der Waals surface area contributed by atoms with Crippen LogP contribution in [0.15, 0.2) is 23.1 Å². The van der Waals surface area contributed by atoms with E-state index < -0.39 is 22.2 Å². The summed E-state index contributed by atoms with van der Waals surface area (Å²) in [6.45, 7) is 0. The molecule has 19 heavy (non-hydrogen) atoms. The van der Waals surface area contributed by atoms with Gasteiger partial charge in [0.05, 0.1) is 16.1 Å². The molecule has 0 amide bonds. The van der Waals surface area contributed by atoms with E-state index in [1.54, 1.807) is 6.07 Å². The number of sulfonamides is 1. The Kier molecular flexibility index (Phi) is 4.74. The van der Waals surface area contributed by atoms with Crippen LogP contribution in [0.1, 0.15) is 25.7 Å². The monoisotopic (exact) mass is 323 g/mol. The molecule has 106 valence electrons. The third-order valence-corrected chi connectivity index (χ3v) is 5.67. The van der Waals surface area contributed by atoms with Gasteiger partial charge < -0.3 is 5.11 Å². The number of rotatable bonds is 3. The summed E-state index contributed by atoms with van der Waals surface area (Å²) in [5, 5.41) is 9.97. The Labute approximate surface area is 122 Å². The van der Waals surface area contributed by atoms with E-state index >= 15 is 0 Å². The van der Waals surface area contributed by atoms with Crippen LogP contribution in [-0.2, 0) is 10.0 Å². The smallest absolute Gasteiger partial charge is 0.243 e. The first-order valence-corrected chi connectivity index (χ1v) is 8.30. The molecule has 1 aromatic carbocycles. The highest BCUT2D eigenvalue weighted by atomic mass is 35.5. The van der Waals surface area contributed by atoms with E-state index in [-0.39, 0.29) is 14.9 Å². The molecular formula is C12H15Cl2NO3S. The lowest BCUT2D eigenvalue weighted by Gasteiger charge is -2.28. The van der Waals surface area contributed by atoms with E-state index in [0.717, 1.165) is 12.8 Å². The minimum absolute atomic E-state index is 0.0744. The minimum Gasteiger partial charge on any atom is -0.391 e. The van der Waals surface area contributed by atoms with Gasteiger partial charge in [0.15, 0.2) is 0 Å². The average Bonchev–Trinajstić information content (AvgIpc) is 2.31. The zero-order chi connectivity index (χ0) is 14.0. The van der Waals surface area contributed by atoms with E-state index in [1.165, 1.54) is 12.1 Å². The first-order valence-electron chi connectivity index (χ1n) is 6.06. The Hall–Kier alpha value is -0.330. The summed E-state index contributed by atoms with van der Waals surface area (Å²) in [6, 6.07) is 4.05. The van der Waals surface area contributed by atoms with Crippen LogP contribution in [0.3, 0.4) is 0 Å². The van der Waals surface area contributed by atoms with Crippen LogP contribution in [0.25, 0.3) is 0 Å². The fourth-order valence-corrected chi connectivity index (χ4v) is 4.69. The third-order valence-electron chi connectivity index (χ3n) is 3.22. The van der Waals surface area contributed by atoms with Crippen molar-refractivity contribution in [3.8, 4) is 0 Å². The lowest BCUT2D eigenvalue weighted by molar-refractivity contribution is 0.101. The lowest BCUT2D eigenvalue weighted by atomic mass is 9.93. The van der Waals surface area contributed by atoms with Crippen molar-refractivity contribution in [3.63, 3.8) is 0 Å². The van der Waals surface area contributed by atoms with Crippen LogP contribution in [0.2, 0.25) is 10.0 Å². The molecule has 0 unspecified atom stereocenters. The molecule has 2 N–H and O–H groups in total. The highest BCUT2D eigenvalue weighted by Gasteiger charge is 2.30. The summed E-state index contributed by atoms with van der Waals surface area (Å²) in [7, 11) is -3.83. The molecule has 1 saturated carbocycles. The van der Waals surface area contributed by atoms with Crippen LogP contribution in [0.4, 0.5) is 0 Å². The molecule has 0 heterocycles.